The van der Waals surface area contributed by atoms with Gasteiger partial charge in [0.1, 0.15) is 11.1 Å². The Kier molecular flexibility index (Phi) is 3.70. The number of thioether (sulfide) groups is 1. The molecule has 4 nitrogen and oxygen atoms in total. The molecular weight excluding hydrogens is 291 g/mol. The van der Waals surface area contributed by atoms with Crippen LogP contribution in [0.15, 0.2) is 53.7 Å². The van der Waals surface area contributed by atoms with Gasteiger partial charge in [-0.1, -0.05) is 0 Å². The van der Waals surface area contributed by atoms with Crippen LogP contribution in [0.2, 0.25) is 0 Å². The molecule has 1 aliphatic heterocycles. The van der Waals surface area contributed by atoms with Gasteiger partial charge in [-0.25, -0.2) is 14.3 Å². The quantitative estimate of drug-likeness (QED) is 0.816. The summed E-state index contributed by atoms with van der Waals surface area (Å²) in [6.07, 6.45) is 1.91. The van der Waals surface area contributed by atoms with E-state index in [1.165, 1.54) is 36.0 Å². The molecule has 1 aromatic carbocycles. The topological polar surface area (TPSA) is 51.5 Å². The van der Waals surface area contributed by atoms with Crippen molar-refractivity contribution >= 4 is 29.3 Å². The second-order valence-corrected chi connectivity index (χ2v) is 5.83. The van der Waals surface area contributed by atoms with Crippen LogP contribution in [-0.2, 0) is 9.59 Å². The number of halogens is 1. The van der Waals surface area contributed by atoms with Gasteiger partial charge in [-0.3, -0.25) is 9.59 Å². The van der Waals surface area contributed by atoms with Crippen molar-refractivity contribution in [1.82, 2.24) is 0 Å². The van der Waals surface area contributed by atoms with Crippen LogP contribution in [0.25, 0.3) is 0 Å². The van der Waals surface area contributed by atoms with E-state index in [0.29, 0.717) is 5.69 Å². The minimum Gasteiger partial charge on any atom is -0.274 e. The fraction of sp³-hybridized carbons (Fsp3) is 0.133. The molecule has 0 aliphatic carbocycles. The summed E-state index contributed by atoms with van der Waals surface area (Å²) < 4.78 is 12.9. The van der Waals surface area contributed by atoms with Gasteiger partial charge in [0.2, 0.25) is 16.8 Å². The fourth-order valence-electron chi connectivity index (χ4n) is 2.16. The lowest BCUT2D eigenvalue weighted by molar-refractivity contribution is -0.426. The van der Waals surface area contributed by atoms with Crippen molar-refractivity contribution in [2.24, 2.45) is 0 Å². The Bertz CT molecular complexity index is 676. The third kappa shape index (κ3) is 2.80. The van der Waals surface area contributed by atoms with Gasteiger partial charge < -0.3 is 0 Å². The summed E-state index contributed by atoms with van der Waals surface area (Å²) in [6.45, 7) is 0. The van der Waals surface area contributed by atoms with Crippen molar-refractivity contribution in [1.29, 1.82) is 0 Å². The molecule has 2 amide bonds. The number of aromatic nitrogens is 1. The maximum Gasteiger partial charge on any atom is 0.248 e. The molecule has 1 aromatic heterocycles. The smallest absolute Gasteiger partial charge is 0.248 e. The van der Waals surface area contributed by atoms with Gasteiger partial charge in [0.15, 0.2) is 6.20 Å². The SMILES string of the molecule is O=C1CC(Sc2cccc[nH+]2)C(=O)N1c1ccc(F)cc1. The van der Waals surface area contributed by atoms with Crippen molar-refractivity contribution in [3.63, 3.8) is 0 Å². The summed E-state index contributed by atoms with van der Waals surface area (Å²) in [7, 11) is 0. The molecule has 1 atom stereocenters. The summed E-state index contributed by atoms with van der Waals surface area (Å²) in [5.41, 5.74) is 0.409. The zero-order valence-electron chi connectivity index (χ0n) is 11.0. The Morgan fingerprint density at radius 1 is 1.14 bits per heavy atom. The summed E-state index contributed by atoms with van der Waals surface area (Å²) in [5, 5.41) is 0.366. The van der Waals surface area contributed by atoms with Gasteiger partial charge >= 0.3 is 0 Å². The Balaban J connectivity index is 1.80. The van der Waals surface area contributed by atoms with Crippen molar-refractivity contribution in [2.75, 3.05) is 4.90 Å². The first-order chi connectivity index (χ1) is 10.1. The standard InChI is InChI=1S/C15H11FN2O2S/c16-10-4-6-11(7-5-10)18-14(19)9-12(15(18)20)21-13-3-1-2-8-17-13/h1-8,12H,9H2/p+1. The number of H-pyrrole nitrogens is 1. The normalized spacial score (nSPS) is 18.3. The highest BCUT2D eigenvalue weighted by Crippen LogP contribution is 2.32. The van der Waals surface area contributed by atoms with Gasteiger partial charge in [-0.05, 0) is 42.1 Å². The molecule has 6 heteroatoms. The first-order valence-corrected chi connectivity index (χ1v) is 7.29. The third-order valence-corrected chi connectivity index (χ3v) is 4.30. The van der Waals surface area contributed by atoms with E-state index in [0.717, 1.165) is 9.93 Å². The predicted molar refractivity (Wildman–Crippen MR) is 76.2 cm³/mol. The maximum absolute atomic E-state index is 12.9. The van der Waals surface area contributed by atoms with E-state index < -0.39 is 11.1 Å². The number of imide groups is 1. The number of anilines is 1. The number of benzene rings is 1. The number of rotatable bonds is 3. The first-order valence-electron chi connectivity index (χ1n) is 6.41. The molecule has 1 N–H and O–H groups in total. The molecule has 1 fully saturated rings. The van der Waals surface area contributed by atoms with E-state index >= 15 is 0 Å². The number of carbonyl (C=O) groups excluding carboxylic acids is 2. The molecule has 1 unspecified atom stereocenters. The van der Waals surface area contributed by atoms with Crippen LogP contribution in [-0.4, -0.2) is 17.1 Å². The highest BCUT2D eigenvalue weighted by Gasteiger charge is 2.41. The van der Waals surface area contributed by atoms with Crippen LogP contribution >= 0.6 is 11.8 Å². The zero-order valence-corrected chi connectivity index (χ0v) is 11.8. The second-order valence-electron chi connectivity index (χ2n) is 4.58. The van der Waals surface area contributed by atoms with Crippen LogP contribution in [0.1, 0.15) is 6.42 Å². The number of nitrogens with zero attached hydrogens (tertiary/aromatic N) is 1. The van der Waals surface area contributed by atoms with Crippen molar-refractivity contribution in [3.05, 3.63) is 54.5 Å². The molecule has 1 saturated heterocycles. The largest absolute Gasteiger partial charge is 0.274 e. The summed E-state index contributed by atoms with van der Waals surface area (Å²) in [6, 6.07) is 10.9. The molecule has 2 heterocycles. The summed E-state index contributed by atoms with van der Waals surface area (Å²) in [4.78, 5) is 28.6. The number of hydrogen-bond donors (Lipinski definition) is 0. The zero-order chi connectivity index (χ0) is 14.8. The molecule has 3 rings (SSSR count). The molecule has 0 saturated carbocycles. The molecule has 106 valence electrons. The molecule has 21 heavy (non-hydrogen) atoms. The van der Waals surface area contributed by atoms with Crippen LogP contribution in [0.4, 0.5) is 10.1 Å². The average Bonchev–Trinajstić information content (AvgIpc) is 2.76. The van der Waals surface area contributed by atoms with Crippen LogP contribution in [0.3, 0.4) is 0 Å². The predicted octanol–water partition coefficient (Wildman–Crippen LogP) is 2.06. The number of carbonyl (C=O) groups is 2. The van der Waals surface area contributed by atoms with E-state index in [2.05, 4.69) is 4.98 Å². The minimum atomic E-state index is -0.457. The van der Waals surface area contributed by atoms with E-state index in [1.54, 1.807) is 6.20 Å². The summed E-state index contributed by atoms with van der Waals surface area (Å²) >= 11 is 1.32. The minimum absolute atomic E-state index is 0.142. The molecular formula is C15H12FN2O2S+. The van der Waals surface area contributed by atoms with Gasteiger partial charge in [-0.2, -0.15) is 0 Å². The lowest BCUT2D eigenvalue weighted by Gasteiger charge is -2.14. The molecule has 0 spiro atoms. The maximum atomic E-state index is 12.9. The number of amides is 2. The van der Waals surface area contributed by atoms with Crippen LogP contribution in [0.5, 0.6) is 0 Å². The molecule has 2 aromatic rings. The second kappa shape index (κ2) is 5.65. The number of pyridine rings is 1. The third-order valence-electron chi connectivity index (χ3n) is 3.14. The Hall–Kier alpha value is -2.21. The monoisotopic (exact) mass is 303 g/mol. The van der Waals surface area contributed by atoms with E-state index in [1.807, 2.05) is 18.2 Å². The fourth-order valence-corrected chi connectivity index (χ4v) is 3.19. The first kappa shape index (κ1) is 13.8. The highest BCUT2D eigenvalue weighted by atomic mass is 32.2. The summed E-state index contributed by atoms with van der Waals surface area (Å²) in [5.74, 6) is -0.934. The van der Waals surface area contributed by atoms with E-state index in [9.17, 15) is 14.0 Å². The highest BCUT2D eigenvalue weighted by molar-refractivity contribution is 8.00. The van der Waals surface area contributed by atoms with E-state index in [-0.39, 0.29) is 18.2 Å². The Morgan fingerprint density at radius 3 is 2.57 bits per heavy atom. The average molecular weight is 303 g/mol. The van der Waals surface area contributed by atoms with Crippen molar-refractivity contribution < 1.29 is 19.0 Å². The van der Waals surface area contributed by atoms with Crippen LogP contribution in [0, 0.1) is 5.82 Å². The number of hydrogen-bond acceptors (Lipinski definition) is 3. The number of aromatic amines is 1. The van der Waals surface area contributed by atoms with Crippen molar-refractivity contribution in [3.8, 4) is 0 Å². The lowest BCUT2D eigenvalue weighted by Crippen LogP contribution is -2.31. The molecule has 0 bridgehead atoms. The van der Waals surface area contributed by atoms with Gasteiger partial charge in [0.25, 0.3) is 0 Å². The van der Waals surface area contributed by atoms with Gasteiger partial charge in [-0.15, -0.1) is 0 Å². The Labute approximate surface area is 125 Å². The molecule has 1 aliphatic rings. The van der Waals surface area contributed by atoms with Crippen LogP contribution < -0.4 is 9.88 Å². The number of nitrogens with one attached hydrogen (secondary N) is 1. The van der Waals surface area contributed by atoms with Gasteiger partial charge in [0.05, 0.1) is 5.69 Å². The Morgan fingerprint density at radius 2 is 1.90 bits per heavy atom. The lowest BCUT2D eigenvalue weighted by atomic mass is 10.3. The molecule has 0 radical (unpaired) electrons. The van der Waals surface area contributed by atoms with Gasteiger partial charge in [0, 0.05) is 18.6 Å². The van der Waals surface area contributed by atoms with E-state index in [4.69, 9.17) is 0 Å². The van der Waals surface area contributed by atoms with Crippen molar-refractivity contribution in [2.45, 2.75) is 16.7 Å².